The summed E-state index contributed by atoms with van der Waals surface area (Å²) in [5.41, 5.74) is 18.0. The summed E-state index contributed by atoms with van der Waals surface area (Å²) >= 11 is 0. The fourth-order valence-corrected chi connectivity index (χ4v) is 8.77. The molecule has 0 aliphatic heterocycles. The van der Waals surface area contributed by atoms with Crippen LogP contribution in [0.2, 0.25) is 0 Å². The predicted octanol–water partition coefficient (Wildman–Crippen LogP) is 13.7. The lowest BCUT2D eigenvalue weighted by Crippen LogP contribution is -2.00. The van der Waals surface area contributed by atoms with Crippen molar-refractivity contribution in [3.8, 4) is 55.9 Å². The third kappa shape index (κ3) is 5.39. The third-order valence-electron chi connectivity index (χ3n) is 11.5. The Hall–Kier alpha value is -7.23. The fraction of sp³-hybridized carbons (Fsp3) is 0.0377. The van der Waals surface area contributed by atoms with Crippen molar-refractivity contribution in [1.82, 2.24) is 14.1 Å². The summed E-state index contributed by atoms with van der Waals surface area (Å²) in [6.07, 6.45) is 10.7. The topological polar surface area (TPSA) is 22.8 Å². The van der Waals surface area contributed by atoms with Crippen LogP contribution in [-0.4, -0.2) is 14.1 Å². The molecule has 0 fully saturated rings. The minimum absolute atomic E-state index is 1.07. The van der Waals surface area contributed by atoms with Gasteiger partial charge in [0.2, 0.25) is 0 Å². The molecule has 0 atom stereocenters. The van der Waals surface area contributed by atoms with Crippen LogP contribution in [0.4, 0.5) is 0 Å². The maximum atomic E-state index is 4.75. The summed E-state index contributed by atoms with van der Waals surface area (Å²) in [6.45, 7) is 0. The molecule has 0 spiro atoms. The second kappa shape index (κ2) is 13.3. The first kappa shape index (κ1) is 32.2. The molecule has 3 nitrogen and oxygen atoms in total. The summed E-state index contributed by atoms with van der Waals surface area (Å²) < 4.78 is 4.82. The Morgan fingerprint density at radius 3 is 1.62 bits per heavy atom. The zero-order valence-corrected chi connectivity index (χ0v) is 30.8. The Balaban J connectivity index is 0.974. The molecule has 3 heterocycles. The van der Waals surface area contributed by atoms with Crippen LogP contribution in [-0.2, 0) is 6.42 Å². The molecular weight excluding hydrogens is 679 g/mol. The second-order valence-corrected chi connectivity index (χ2v) is 14.7. The zero-order chi connectivity index (χ0) is 37.0. The van der Waals surface area contributed by atoms with Gasteiger partial charge in [0.15, 0.2) is 0 Å². The van der Waals surface area contributed by atoms with Gasteiger partial charge < -0.3 is 9.13 Å². The van der Waals surface area contributed by atoms with Crippen molar-refractivity contribution in [2.75, 3.05) is 0 Å². The number of aryl methyl sites for hydroxylation is 1. The molecule has 7 aromatic carbocycles. The van der Waals surface area contributed by atoms with E-state index in [1.54, 1.807) is 0 Å². The smallest absolute Gasteiger partial charge is 0.0541 e. The normalized spacial score (nSPS) is 12.4. The van der Waals surface area contributed by atoms with Crippen molar-refractivity contribution in [2.45, 2.75) is 12.8 Å². The lowest BCUT2D eigenvalue weighted by molar-refractivity contribution is 0.968. The third-order valence-corrected chi connectivity index (χ3v) is 11.5. The van der Waals surface area contributed by atoms with Crippen molar-refractivity contribution in [1.29, 1.82) is 0 Å². The van der Waals surface area contributed by atoms with Gasteiger partial charge >= 0.3 is 0 Å². The number of allylic oxidation sites excluding steroid dienone is 1. The Kier molecular flexibility index (Phi) is 7.63. The van der Waals surface area contributed by atoms with Crippen molar-refractivity contribution in [3.05, 3.63) is 206 Å². The molecule has 0 unspecified atom stereocenters. The van der Waals surface area contributed by atoms with E-state index in [2.05, 4.69) is 197 Å². The van der Waals surface area contributed by atoms with E-state index in [4.69, 9.17) is 4.98 Å². The van der Waals surface area contributed by atoms with Gasteiger partial charge in [-0.3, -0.25) is 4.98 Å². The first-order valence-corrected chi connectivity index (χ1v) is 19.4. The lowest BCUT2D eigenvalue weighted by atomic mass is 10.0. The predicted molar refractivity (Wildman–Crippen MR) is 235 cm³/mol. The first-order valence-electron chi connectivity index (χ1n) is 19.4. The molecule has 3 heteroatoms. The second-order valence-electron chi connectivity index (χ2n) is 14.7. The quantitative estimate of drug-likeness (QED) is 0.168. The number of pyridine rings is 1. The number of hydrogen-bond acceptors (Lipinski definition) is 1. The fourth-order valence-electron chi connectivity index (χ4n) is 8.77. The van der Waals surface area contributed by atoms with Crippen LogP contribution in [0.1, 0.15) is 17.7 Å². The van der Waals surface area contributed by atoms with Gasteiger partial charge in [-0.2, -0.15) is 0 Å². The average Bonchev–Trinajstić information content (AvgIpc) is 3.79. The molecule has 0 saturated heterocycles. The molecule has 11 rings (SSSR count). The first-order chi connectivity index (χ1) is 27.8. The molecule has 264 valence electrons. The molecule has 3 aromatic heterocycles. The van der Waals surface area contributed by atoms with Crippen LogP contribution in [0.3, 0.4) is 0 Å². The highest BCUT2D eigenvalue weighted by Crippen LogP contribution is 2.39. The standard InChI is InChI=1S/C53H37N3/c1-3-12-36(13-4-1)40-24-28-52-48(32-40)49-33-41(37-14-5-2-6-15-37)25-29-53(49)55(52)44-26-22-38(23-27-44)42-30-43(35-54-34-42)39-16-11-17-45(31-39)56-50-20-9-7-18-46(50)47-19-8-10-21-51(47)56/h1-7,9-18,20-35H,8,19H2. The Morgan fingerprint density at radius 1 is 0.375 bits per heavy atom. The number of aromatic nitrogens is 3. The molecule has 0 radical (unpaired) electrons. The van der Waals surface area contributed by atoms with Crippen LogP contribution in [0.25, 0.3) is 94.7 Å². The van der Waals surface area contributed by atoms with Crippen LogP contribution >= 0.6 is 0 Å². The van der Waals surface area contributed by atoms with Gasteiger partial charge in [-0.15, -0.1) is 0 Å². The highest BCUT2D eigenvalue weighted by molar-refractivity contribution is 6.11. The van der Waals surface area contributed by atoms with Gasteiger partial charge in [0.05, 0.1) is 16.6 Å². The van der Waals surface area contributed by atoms with Crippen LogP contribution in [0.15, 0.2) is 194 Å². The molecule has 1 aliphatic rings. The summed E-state index contributed by atoms with van der Waals surface area (Å²) in [5.74, 6) is 0. The van der Waals surface area contributed by atoms with E-state index < -0.39 is 0 Å². The summed E-state index contributed by atoms with van der Waals surface area (Å²) in [4.78, 5) is 4.75. The molecule has 0 bridgehead atoms. The minimum atomic E-state index is 1.07. The van der Waals surface area contributed by atoms with Gasteiger partial charge in [-0.25, -0.2) is 0 Å². The van der Waals surface area contributed by atoms with E-state index >= 15 is 0 Å². The Morgan fingerprint density at radius 2 is 0.929 bits per heavy atom. The van der Waals surface area contributed by atoms with Gasteiger partial charge in [0, 0.05) is 56.7 Å². The number of hydrogen-bond donors (Lipinski definition) is 0. The maximum absolute atomic E-state index is 4.75. The molecule has 10 aromatic rings. The van der Waals surface area contributed by atoms with Crippen LogP contribution in [0.5, 0.6) is 0 Å². The van der Waals surface area contributed by atoms with Gasteiger partial charge in [-0.05, 0) is 119 Å². The molecule has 1 aliphatic carbocycles. The van der Waals surface area contributed by atoms with Gasteiger partial charge in [0.1, 0.15) is 0 Å². The van der Waals surface area contributed by atoms with E-state index in [-0.39, 0.29) is 0 Å². The van der Waals surface area contributed by atoms with Gasteiger partial charge in [-0.1, -0.05) is 121 Å². The SMILES string of the molecule is C1=Cc2c(c3ccccc3n2-c2cccc(-c3cncc(-c4ccc(-n5c6ccc(-c7ccccc7)cc6c6cc(-c7ccccc7)ccc65)cc4)c3)c2)CC1. The summed E-state index contributed by atoms with van der Waals surface area (Å²) in [7, 11) is 0. The number of benzene rings is 7. The van der Waals surface area contributed by atoms with E-state index in [1.807, 2.05) is 12.4 Å². The highest BCUT2D eigenvalue weighted by Gasteiger charge is 2.19. The van der Waals surface area contributed by atoms with Crippen molar-refractivity contribution in [3.63, 3.8) is 0 Å². The largest absolute Gasteiger partial charge is 0.310 e. The van der Waals surface area contributed by atoms with E-state index in [9.17, 15) is 0 Å². The molecule has 0 amide bonds. The van der Waals surface area contributed by atoms with Crippen LogP contribution < -0.4 is 0 Å². The summed E-state index contributed by atoms with van der Waals surface area (Å²) in [6, 6.07) is 63.9. The number of para-hydroxylation sites is 1. The van der Waals surface area contributed by atoms with E-state index in [1.165, 1.54) is 71.9 Å². The number of fused-ring (bicyclic) bond motifs is 6. The summed E-state index contributed by atoms with van der Waals surface area (Å²) in [5, 5.41) is 3.83. The molecular formula is C53H37N3. The van der Waals surface area contributed by atoms with Crippen molar-refractivity contribution in [2.24, 2.45) is 0 Å². The number of nitrogens with zero attached hydrogens (tertiary/aromatic N) is 3. The highest BCUT2D eigenvalue weighted by atomic mass is 15.0. The Labute approximate surface area is 326 Å². The van der Waals surface area contributed by atoms with E-state index in [0.717, 1.165) is 40.8 Å². The van der Waals surface area contributed by atoms with E-state index in [0.29, 0.717) is 0 Å². The average molecular weight is 716 g/mol. The van der Waals surface area contributed by atoms with Crippen LogP contribution in [0, 0.1) is 0 Å². The molecule has 0 saturated carbocycles. The minimum Gasteiger partial charge on any atom is -0.310 e. The molecule has 56 heavy (non-hydrogen) atoms. The van der Waals surface area contributed by atoms with Crippen molar-refractivity contribution >= 4 is 38.8 Å². The molecule has 0 N–H and O–H groups in total. The van der Waals surface area contributed by atoms with Crippen molar-refractivity contribution < 1.29 is 0 Å². The lowest BCUT2D eigenvalue weighted by Gasteiger charge is -2.14. The Bertz CT molecular complexity index is 3010. The van der Waals surface area contributed by atoms with Gasteiger partial charge in [0.25, 0.3) is 0 Å². The maximum Gasteiger partial charge on any atom is 0.0541 e. The monoisotopic (exact) mass is 715 g/mol. The number of rotatable bonds is 6. The zero-order valence-electron chi connectivity index (χ0n) is 30.8.